The molecule has 3 heteroatoms. The Hall–Kier alpha value is -1.48. The van der Waals surface area contributed by atoms with E-state index in [0.29, 0.717) is 0 Å². The van der Waals surface area contributed by atoms with Crippen LogP contribution in [0.3, 0.4) is 0 Å². The van der Waals surface area contributed by atoms with Gasteiger partial charge in [-0.1, -0.05) is 6.07 Å². The highest BCUT2D eigenvalue weighted by atomic mass is 16.5. The second-order valence-electron chi connectivity index (χ2n) is 4.77. The van der Waals surface area contributed by atoms with Crippen LogP contribution in [-0.2, 0) is 6.42 Å². The topological polar surface area (TPSA) is 37.0 Å². The van der Waals surface area contributed by atoms with E-state index in [1.54, 1.807) is 7.11 Å². The van der Waals surface area contributed by atoms with Crippen LogP contribution >= 0.6 is 0 Å². The second-order valence-corrected chi connectivity index (χ2v) is 4.77. The molecule has 98 valence electrons. The van der Waals surface area contributed by atoms with Gasteiger partial charge in [0.1, 0.15) is 5.75 Å². The summed E-state index contributed by atoms with van der Waals surface area (Å²) < 4.78 is 5.43. The van der Waals surface area contributed by atoms with Gasteiger partial charge in [0.25, 0.3) is 0 Å². The van der Waals surface area contributed by atoms with Gasteiger partial charge in [0.15, 0.2) is 0 Å². The van der Waals surface area contributed by atoms with Gasteiger partial charge in [-0.2, -0.15) is 0 Å². The Labute approximate surface area is 109 Å². The van der Waals surface area contributed by atoms with Crippen molar-refractivity contribution in [1.82, 2.24) is 10.3 Å². The van der Waals surface area contributed by atoms with E-state index in [-0.39, 0.29) is 0 Å². The average molecular weight is 246 g/mol. The fraction of sp³-hybridized carbons (Fsp3) is 0.467. The van der Waals surface area contributed by atoms with Crippen LogP contribution in [0.1, 0.15) is 23.2 Å². The van der Waals surface area contributed by atoms with E-state index in [9.17, 15) is 0 Å². The lowest BCUT2D eigenvalue weighted by atomic mass is 10.0. The van der Waals surface area contributed by atoms with Gasteiger partial charge in [-0.3, -0.25) is 0 Å². The first-order chi connectivity index (χ1) is 8.69. The summed E-state index contributed by atoms with van der Waals surface area (Å²) in [5, 5.41) is 4.54. The molecule has 1 heterocycles. The van der Waals surface area contributed by atoms with Crippen LogP contribution in [-0.4, -0.2) is 25.7 Å². The van der Waals surface area contributed by atoms with Crippen LogP contribution in [0.2, 0.25) is 0 Å². The van der Waals surface area contributed by atoms with Crippen LogP contribution in [0.15, 0.2) is 12.1 Å². The van der Waals surface area contributed by atoms with Crippen LogP contribution in [0, 0.1) is 13.8 Å². The predicted octanol–water partition coefficient (Wildman–Crippen LogP) is 2.95. The second kappa shape index (κ2) is 5.44. The number of methoxy groups -OCH3 is 1. The fourth-order valence-corrected chi connectivity index (χ4v) is 2.58. The van der Waals surface area contributed by atoms with Gasteiger partial charge in [0, 0.05) is 11.1 Å². The Bertz CT molecular complexity index is 543. The predicted molar refractivity (Wildman–Crippen MR) is 76.6 cm³/mol. The minimum atomic E-state index is 0.929. The lowest BCUT2D eigenvalue weighted by molar-refractivity contribution is 0.419. The summed E-state index contributed by atoms with van der Waals surface area (Å²) in [6.45, 7) is 5.36. The van der Waals surface area contributed by atoms with E-state index < -0.39 is 0 Å². The number of hydrogen-bond acceptors (Lipinski definition) is 2. The largest absolute Gasteiger partial charge is 0.495 e. The SMILES string of the molecule is CNCCCc1c(C)[nH]c2c(OC)ccc(C)c12. The first-order valence-corrected chi connectivity index (χ1v) is 6.48. The number of benzene rings is 1. The molecule has 0 aliphatic rings. The lowest BCUT2D eigenvalue weighted by Gasteiger charge is -2.06. The third kappa shape index (κ3) is 2.23. The molecule has 1 aromatic heterocycles. The van der Waals surface area contributed by atoms with Crippen LogP contribution in [0.5, 0.6) is 5.75 Å². The molecule has 1 aromatic carbocycles. The average Bonchev–Trinajstić information content (AvgIpc) is 2.68. The van der Waals surface area contributed by atoms with E-state index in [1.807, 2.05) is 13.1 Å². The molecule has 0 spiro atoms. The first kappa shape index (κ1) is 13.0. The molecule has 2 aromatic rings. The van der Waals surface area contributed by atoms with Crippen molar-refractivity contribution in [1.29, 1.82) is 0 Å². The van der Waals surface area contributed by atoms with Gasteiger partial charge in [-0.25, -0.2) is 0 Å². The standard InChI is InChI=1S/C15H22N2O/c1-10-7-8-13(18-4)15-14(10)12(11(2)17-15)6-5-9-16-3/h7-8,16-17H,5-6,9H2,1-4H3. The number of rotatable bonds is 5. The molecule has 0 saturated heterocycles. The number of ether oxygens (including phenoxy) is 1. The zero-order chi connectivity index (χ0) is 13.1. The number of nitrogens with one attached hydrogen (secondary N) is 2. The number of aromatic amines is 1. The zero-order valence-corrected chi connectivity index (χ0v) is 11.7. The third-order valence-electron chi connectivity index (χ3n) is 3.52. The van der Waals surface area contributed by atoms with E-state index in [0.717, 1.165) is 30.7 Å². The highest BCUT2D eigenvalue weighted by Crippen LogP contribution is 2.32. The van der Waals surface area contributed by atoms with Gasteiger partial charge in [0.05, 0.1) is 12.6 Å². The Balaban J connectivity index is 2.48. The highest BCUT2D eigenvalue weighted by molar-refractivity contribution is 5.92. The summed E-state index contributed by atoms with van der Waals surface area (Å²) in [7, 11) is 3.72. The van der Waals surface area contributed by atoms with E-state index >= 15 is 0 Å². The van der Waals surface area contributed by atoms with Crippen LogP contribution < -0.4 is 10.1 Å². The minimum absolute atomic E-state index is 0.929. The van der Waals surface area contributed by atoms with E-state index in [2.05, 4.69) is 30.2 Å². The van der Waals surface area contributed by atoms with Gasteiger partial charge < -0.3 is 15.0 Å². The minimum Gasteiger partial charge on any atom is -0.495 e. The summed E-state index contributed by atoms with van der Waals surface area (Å²) in [5.74, 6) is 0.929. The monoisotopic (exact) mass is 246 g/mol. The molecule has 2 rings (SSSR count). The maximum Gasteiger partial charge on any atom is 0.142 e. The maximum atomic E-state index is 5.43. The quantitative estimate of drug-likeness (QED) is 0.796. The first-order valence-electron chi connectivity index (χ1n) is 6.48. The highest BCUT2D eigenvalue weighted by Gasteiger charge is 2.13. The van der Waals surface area contributed by atoms with Crippen molar-refractivity contribution < 1.29 is 4.74 Å². The van der Waals surface area contributed by atoms with Crippen molar-refractivity contribution in [3.8, 4) is 5.75 Å². The summed E-state index contributed by atoms with van der Waals surface area (Å²) in [5.41, 5.74) is 5.13. The number of hydrogen-bond donors (Lipinski definition) is 2. The van der Waals surface area contributed by atoms with Gasteiger partial charge in [-0.05, 0) is 57.5 Å². The summed E-state index contributed by atoms with van der Waals surface area (Å²) in [6, 6.07) is 4.17. The number of fused-ring (bicyclic) bond motifs is 1. The van der Waals surface area contributed by atoms with Gasteiger partial charge in [-0.15, -0.1) is 0 Å². The number of aryl methyl sites for hydroxylation is 3. The Morgan fingerprint density at radius 3 is 2.72 bits per heavy atom. The molecule has 0 aliphatic heterocycles. The number of H-pyrrole nitrogens is 1. The third-order valence-corrected chi connectivity index (χ3v) is 3.52. The van der Waals surface area contributed by atoms with Crippen molar-refractivity contribution in [2.45, 2.75) is 26.7 Å². The molecular formula is C15H22N2O. The normalized spacial score (nSPS) is 11.1. The molecule has 0 radical (unpaired) electrons. The summed E-state index contributed by atoms with van der Waals surface area (Å²) >= 11 is 0. The smallest absolute Gasteiger partial charge is 0.142 e. The lowest BCUT2D eigenvalue weighted by Crippen LogP contribution is -2.08. The summed E-state index contributed by atoms with van der Waals surface area (Å²) in [4.78, 5) is 3.47. The summed E-state index contributed by atoms with van der Waals surface area (Å²) in [6.07, 6.45) is 2.25. The molecule has 0 bridgehead atoms. The zero-order valence-electron chi connectivity index (χ0n) is 11.7. The van der Waals surface area contributed by atoms with Gasteiger partial charge in [0.2, 0.25) is 0 Å². The van der Waals surface area contributed by atoms with Crippen molar-refractivity contribution in [2.24, 2.45) is 0 Å². The molecule has 0 aliphatic carbocycles. The Morgan fingerprint density at radius 1 is 1.28 bits per heavy atom. The Kier molecular flexibility index (Phi) is 3.92. The van der Waals surface area contributed by atoms with Crippen LogP contribution in [0.4, 0.5) is 0 Å². The maximum absolute atomic E-state index is 5.43. The van der Waals surface area contributed by atoms with Crippen molar-refractivity contribution in [2.75, 3.05) is 20.7 Å². The van der Waals surface area contributed by atoms with Crippen molar-refractivity contribution in [3.05, 3.63) is 29.0 Å². The van der Waals surface area contributed by atoms with E-state index in [4.69, 9.17) is 4.74 Å². The molecule has 0 unspecified atom stereocenters. The molecule has 0 saturated carbocycles. The Morgan fingerprint density at radius 2 is 2.06 bits per heavy atom. The molecule has 0 amide bonds. The molecule has 0 atom stereocenters. The fourth-order valence-electron chi connectivity index (χ4n) is 2.58. The van der Waals surface area contributed by atoms with Crippen molar-refractivity contribution in [3.63, 3.8) is 0 Å². The molecule has 2 N–H and O–H groups in total. The van der Waals surface area contributed by atoms with E-state index in [1.165, 1.54) is 22.2 Å². The van der Waals surface area contributed by atoms with Crippen LogP contribution in [0.25, 0.3) is 10.9 Å². The molecule has 18 heavy (non-hydrogen) atoms. The molecular weight excluding hydrogens is 224 g/mol. The van der Waals surface area contributed by atoms with Gasteiger partial charge >= 0.3 is 0 Å². The molecule has 3 nitrogen and oxygen atoms in total. The number of aromatic nitrogens is 1. The van der Waals surface area contributed by atoms with Crippen molar-refractivity contribution >= 4 is 10.9 Å². The molecule has 0 fully saturated rings.